The summed E-state index contributed by atoms with van der Waals surface area (Å²) in [4.78, 5) is 20.7. The number of ether oxygens (including phenoxy) is 1. The van der Waals surface area contributed by atoms with Gasteiger partial charge in [0.05, 0.1) is 30.5 Å². The van der Waals surface area contributed by atoms with E-state index in [9.17, 15) is 4.79 Å². The Labute approximate surface area is 155 Å². The largest absolute Gasteiger partial charge is 0.377 e. The van der Waals surface area contributed by atoms with E-state index in [4.69, 9.17) is 10.00 Å². The molecule has 1 saturated heterocycles. The minimum absolute atomic E-state index is 0.167. The van der Waals surface area contributed by atoms with Gasteiger partial charge in [0.25, 0.3) is 5.56 Å². The Balaban J connectivity index is 1.61. The van der Waals surface area contributed by atoms with E-state index in [1.807, 2.05) is 18.2 Å². The molecule has 4 heterocycles. The predicted molar refractivity (Wildman–Crippen MR) is 97.9 cm³/mol. The first-order chi connectivity index (χ1) is 13.2. The molecule has 0 radical (unpaired) electrons. The van der Waals surface area contributed by atoms with Gasteiger partial charge >= 0.3 is 0 Å². The Morgan fingerprint density at radius 1 is 1.19 bits per heavy atom. The zero-order chi connectivity index (χ0) is 18.6. The molecule has 0 saturated carbocycles. The van der Waals surface area contributed by atoms with Crippen molar-refractivity contribution in [3.8, 4) is 17.3 Å². The summed E-state index contributed by atoms with van der Waals surface area (Å²) in [6.45, 7) is 0.801. The number of anilines is 1. The summed E-state index contributed by atoms with van der Waals surface area (Å²) < 4.78 is 7.04. The van der Waals surface area contributed by atoms with E-state index in [0.717, 1.165) is 5.56 Å². The maximum Gasteiger partial charge on any atom is 0.267 e. The summed E-state index contributed by atoms with van der Waals surface area (Å²) >= 11 is 0. The van der Waals surface area contributed by atoms with Gasteiger partial charge in [0.2, 0.25) is 0 Å². The van der Waals surface area contributed by atoms with Crippen LogP contribution >= 0.6 is 0 Å². The molecule has 0 spiro atoms. The van der Waals surface area contributed by atoms with Gasteiger partial charge in [0.15, 0.2) is 0 Å². The molecule has 1 aliphatic rings. The van der Waals surface area contributed by atoms with Crippen LogP contribution in [0, 0.1) is 11.3 Å². The zero-order valence-corrected chi connectivity index (χ0v) is 14.3. The minimum Gasteiger partial charge on any atom is -0.377 e. The van der Waals surface area contributed by atoms with E-state index >= 15 is 0 Å². The molecule has 8 nitrogen and oxygen atoms in total. The van der Waals surface area contributed by atoms with Crippen LogP contribution in [0.25, 0.3) is 11.3 Å². The SMILES string of the molecule is N#Cc1ccc(NC2COCC2n2nc(-c3cccnc3)ccc2=O)nc1. The average molecular weight is 360 g/mol. The van der Waals surface area contributed by atoms with Crippen LogP contribution in [0.5, 0.6) is 0 Å². The van der Waals surface area contributed by atoms with Crippen molar-refractivity contribution in [3.05, 3.63) is 70.9 Å². The number of nitriles is 1. The molecule has 4 rings (SSSR count). The average Bonchev–Trinajstić information content (AvgIpc) is 3.17. The van der Waals surface area contributed by atoms with Crippen LogP contribution in [0.3, 0.4) is 0 Å². The molecule has 2 atom stereocenters. The van der Waals surface area contributed by atoms with Crippen molar-refractivity contribution in [1.29, 1.82) is 5.26 Å². The third-order valence-electron chi connectivity index (χ3n) is 4.37. The fourth-order valence-electron chi connectivity index (χ4n) is 2.99. The predicted octanol–water partition coefficient (Wildman–Crippen LogP) is 1.62. The molecule has 3 aromatic rings. The number of rotatable bonds is 4. The van der Waals surface area contributed by atoms with Crippen LogP contribution in [0.4, 0.5) is 5.82 Å². The molecule has 2 unspecified atom stereocenters. The molecule has 0 bridgehead atoms. The highest BCUT2D eigenvalue weighted by Crippen LogP contribution is 2.22. The van der Waals surface area contributed by atoms with Crippen LogP contribution in [-0.4, -0.2) is 39.0 Å². The van der Waals surface area contributed by atoms with Gasteiger partial charge in [0, 0.05) is 30.2 Å². The summed E-state index contributed by atoms with van der Waals surface area (Å²) in [6.07, 6.45) is 4.90. The smallest absolute Gasteiger partial charge is 0.267 e. The summed E-state index contributed by atoms with van der Waals surface area (Å²) in [5, 5.41) is 16.7. The fraction of sp³-hybridized carbons (Fsp3) is 0.211. The molecule has 0 aromatic carbocycles. The number of aromatic nitrogens is 4. The Kier molecular flexibility index (Phi) is 4.60. The van der Waals surface area contributed by atoms with Gasteiger partial charge in [-0.25, -0.2) is 9.67 Å². The Morgan fingerprint density at radius 3 is 2.85 bits per heavy atom. The lowest BCUT2D eigenvalue weighted by Crippen LogP contribution is -2.37. The van der Waals surface area contributed by atoms with Gasteiger partial charge in [-0.3, -0.25) is 9.78 Å². The van der Waals surface area contributed by atoms with Crippen LogP contribution in [0.2, 0.25) is 0 Å². The molecule has 1 fully saturated rings. The molecule has 0 amide bonds. The van der Waals surface area contributed by atoms with E-state index in [-0.39, 0.29) is 17.6 Å². The maximum atomic E-state index is 12.4. The van der Waals surface area contributed by atoms with Gasteiger partial charge < -0.3 is 10.1 Å². The van der Waals surface area contributed by atoms with Crippen molar-refractivity contribution < 1.29 is 4.74 Å². The third kappa shape index (κ3) is 3.54. The molecular weight excluding hydrogens is 344 g/mol. The number of hydrogen-bond donors (Lipinski definition) is 1. The topological polar surface area (TPSA) is 106 Å². The number of nitrogens with zero attached hydrogens (tertiary/aromatic N) is 5. The van der Waals surface area contributed by atoms with E-state index in [1.165, 1.54) is 16.9 Å². The molecule has 1 N–H and O–H groups in total. The van der Waals surface area contributed by atoms with Gasteiger partial charge in [0.1, 0.15) is 17.9 Å². The van der Waals surface area contributed by atoms with Crippen LogP contribution in [-0.2, 0) is 4.74 Å². The second-order valence-electron chi connectivity index (χ2n) is 6.14. The number of hydrogen-bond acceptors (Lipinski definition) is 7. The van der Waals surface area contributed by atoms with E-state index < -0.39 is 0 Å². The van der Waals surface area contributed by atoms with E-state index in [2.05, 4.69) is 20.4 Å². The monoisotopic (exact) mass is 360 g/mol. The maximum absolute atomic E-state index is 12.4. The molecule has 0 aliphatic carbocycles. The quantitative estimate of drug-likeness (QED) is 0.753. The summed E-state index contributed by atoms with van der Waals surface area (Å²) in [6, 6.07) is 11.9. The summed E-state index contributed by atoms with van der Waals surface area (Å²) in [5.41, 5.74) is 1.80. The zero-order valence-electron chi connectivity index (χ0n) is 14.3. The molecule has 27 heavy (non-hydrogen) atoms. The first-order valence-corrected chi connectivity index (χ1v) is 8.45. The first-order valence-electron chi connectivity index (χ1n) is 8.45. The van der Waals surface area contributed by atoms with Gasteiger partial charge in [-0.2, -0.15) is 10.4 Å². The minimum atomic E-state index is -0.272. The lowest BCUT2D eigenvalue weighted by molar-refractivity contribution is 0.183. The van der Waals surface area contributed by atoms with Crippen LogP contribution in [0.15, 0.2) is 59.8 Å². The van der Waals surface area contributed by atoms with Crippen LogP contribution < -0.4 is 10.9 Å². The molecule has 1 aliphatic heterocycles. The Morgan fingerprint density at radius 2 is 2.11 bits per heavy atom. The lowest BCUT2D eigenvalue weighted by atomic mass is 10.1. The number of nitrogens with one attached hydrogen (secondary N) is 1. The van der Waals surface area contributed by atoms with Crippen molar-refractivity contribution >= 4 is 5.82 Å². The standard InChI is InChI=1S/C19H16N6O2/c20-8-13-3-5-18(22-9-13)23-16-11-27-12-17(16)25-19(26)6-4-15(24-25)14-2-1-7-21-10-14/h1-7,9-10,16-17H,11-12H2,(H,22,23). The summed E-state index contributed by atoms with van der Waals surface area (Å²) in [5.74, 6) is 0.617. The Bertz CT molecular complexity index is 1030. The van der Waals surface area contributed by atoms with Crippen molar-refractivity contribution in [2.45, 2.75) is 12.1 Å². The highest BCUT2D eigenvalue weighted by atomic mass is 16.5. The second kappa shape index (κ2) is 7.35. The van der Waals surface area contributed by atoms with Gasteiger partial charge in [-0.05, 0) is 30.3 Å². The molecule has 134 valence electrons. The highest BCUT2D eigenvalue weighted by molar-refractivity contribution is 5.56. The molecular formula is C19H16N6O2. The normalized spacial score (nSPS) is 18.8. The third-order valence-corrected chi connectivity index (χ3v) is 4.37. The summed E-state index contributed by atoms with van der Waals surface area (Å²) in [7, 11) is 0. The molecule has 8 heteroatoms. The van der Waals surface area contributed by atoms with E-state index in [0.29, 0.717) is 30.3 Å². The van der Waals surface area contributed by atoms with Gasteiger partial charge in [-0.15, -0.1) is 0 Å². The van der Waals surface area contributed by atoms with Crippen molar-refractivity contribution in [2.75, 3.05) is 18.5 Å². The van der Waals surface area contributed by atoms with Crippen molar-refractivity contribution in [2.24, 2.45) is 0 Å². The second-order valence-corrected chi connectivity index (χ2v) is 6.14. The fourth-order valence-corrected chi connectivity index (χ4v) is 2.99. The van der Waals surface area contributed by atoms with Gasteiger partial charge in [-0.1, -0.05) is 0 Å². The van der Waals surface area contributed by atoms with Crippen molar-refractivity contribution in [1.82, 2.24) is 19.7 Å². The number of pyridine rings is 2. The lowest BCUT2D eigenvalue weighted by Gasteiger charge is -2.21. The first kappa shape index (κ1) is 16.9. The van der Waals surface area contributed by atoms with E-state index in [1.54, 1.807) is 30.6 Å². The van der Waals surface area contributed by atoms with Crippen LogP contribution in [0.1, 0.15) is 11.6 Å². The molecule has 3 aromatic heterocycles. The van der Waals surface area contributed by atoms with Crippen molar-refractivity contribution in [3.63, 3.8) is 0 Å². The Hall–Kier alpha value is -3.57. The highest BCUT2D eigenvalue weighted by Gasteiger charge is 2.31.